The molecule has 1 atom stereocenters. The highest BCUT2D eigenvalue weighted by Gasteiger charge is 2.43. The third-order valence-corrected chi connectivity index (χ3v) is 5.50. The molecule has 29 heavy (non-hydrogen) atoms. The first kappa shape index (κ1) is 20.4. The molecule has 150 valence electrons. The van der Waals surface area contributed by atoms with Crippen molar-refractivity contribution in [2.45, 2.75) is 18.8 Å². The number of carboxylic acid groups (broad SMARTS) is 1. The van der Waals surface area contributed by atoms with Gasteiger partial charge in [0.2, 0.25) is 5.91 Å². The van der Waals surface area contributed by atoms with E-state index in [1.165, 1.54) is 17.0 Å². The van der Waals surface area contributed by atoms with Crippen LogP contribution in [-0.2, 0) is 16.1 Å². The summed E-state index contributed by atoms with van der Waals surface area (Å²) in [5.74, 6) is -2.20. The fraction of sp³-hybridized carbons (Fsp3) is 0.200. The minimum Gasteiger partial charge on any atom is -0.478 e. The average Bonchev–Trinajstić information content (AvgIpc) is 2.95. The number of rotatable bonds is 7. The second-order valence-electron chi connectivity index (χ2n) is 6.60. The number of hydrogen-bond donors (Lipinski definition) is 2. The van der Waals surface area contributed by atoms with E-state index in [2.05, 4.69) is 0 Å². The van der Waals surface area contributed by atoms with Crippen molar-refractivity contribution in [3.05, 3.63) is 65.2 Å². The predicted octanol–water partition coefficient (Wildman–Crippen LogP) is 2.21. The Balaban J connectivity index is 1.85. The van der Waals surface area contributed by atoms with Crippen molar-refractivity contribution in [1.29, 1.82) is 0 Å². The van der Waals surface area contributed by atoms with Crippen LogP contribution in [0, 0.1) is 6.92 Å². The summed E-state index contributed by atoms with van der Waals surface area (Å²) in [5, 5.41) is 7.72. The molecule has 2 aromatic rings. The summed E-state index contributed by atoms with van der Waals surface area (Å²) in [5.41, 5.74) is 7.55. The highest BCUT2D eigenvalue weighted by molar-refractivity contribution is 8.15. The summed E-state index contributed by atoms with van der Waals surface area (Å²) >= 11 is 0.800. The first-order chi connectivity index (χ1) is 13.8. The highest BCUT2D eigenvalue weighted by Crippen LogP contribution is 2.33. The number of anilines is 1. The molecular formula is C20H19N3O5S. The Hall–Kier alpha value is -3.33. The van der Waals surface area contributed by atoms with Crippen LogP contribution in [0.1, 0.15) is 21.5 Å². The van der Waals surface area contributed by atoms with Gasteiger partial charge in [-0.1, -0.05) is 29.8 Å². The van der Waals surface area contributed by atoms with Gasteiger partial charge in [-0.2, -0.15) is 0 Å². The van der Waals surface area contributed by atoms with E-state index < -0.39 is 28.4 Å². The lowest BCUT2D eigenvalue weighted by Crippen LogP contribution is -2.45. The van der Waals surface area contributed by atoms with E-state index in [0.717, 1.165) is 22.2 Å². The quantitative estimate of drug-likeness (QED) is 0.714. The zero-order chi connectivity index (χ0) is 21.1. The summed E-state index contributed by atoms with van der Waals surface area (Å²) in [6, 6.07) is 13.2. The summed E-state index contributed by atoms with van der Waals surface area (Å²) < 4.78 is 0. The van der Waals surface area contributed by atoms with Crippen LogP contribution in [0.25, 0.3) is 0 Å². The molecule has 0 aliphatic carbocycles. The Labute approximate surface area is 171 Å². The molecule has 1 fully saturated rings. The van der Waals surface area contributed by atoms with Gasteiger partial charge in [0.15, 0.2) is 5.37 Å². The molecule has 0 aromatic heterocycles. The first-order valence-electron chi connectivity index (χ1n) is 8.72. The van der Waals surface area contributed by atoms with Gasteiger partial charge in [-0.05, 0) is 48.5 Å². The fourth-order valence-electron chi connectivity index (χ4n) is 2.97. The first-order valence-corrected chi connectivity index (χ1v) is 9.60. The van der Waals surface area contributed by atoms with Gasteiger partial charge in [0, 0.05) is 5.69 Å². The second-order valence-corrected chi connectivity index (χ2v) is 7.63. The largest absolute Gasteiger partial charge is 0.478 e. The Morgan fingerprint density at radius 2 is 1.86 bits per heavy atom. The normalized spacial score (nSPS) is 16.2. The van der Waals surface area contributed by atoms with Crippen molar-refractivity contribution in [2.24, 2.45) is 5.73 Å². The van der Waals surface area contributed by atoms with Gasteiger partial charge in [-0.25, -0.2) is 4.79 Å². The van der Waals surface area contributed by atoms with E-state index in [-0.39, 0.29) is 18.7 Å². The Bertz CT molecular complexity index is 976. The van der Waals surface area contributed by atoms with Crippen LogP contribution in [0.3, 0.4) is 0 Å². The Kier molecular flexibility index (Phi) is 5.88. The van der Waals surface area contributed by atoms with Crippen molar-refractivity contribution in [3.63, 3.8) is 0 Å². The Morgan fingerprint density at radius 3 is 2.48 bits per heavy atom. The minimum absolute atomic E-state index is 0.0550. The van der Waals surface area contributed by atoms with E-state index in [1.54, 1.807) is 24.3 Å². The number of nitrogens with zero attached hydrogens (tertiary/aromatic N) is 2. The minimum atomic E-state index is -1.09. The fourth-order valence-corrected chi connectivity index (χ4v) is 4.00. The molecule has 1 aliphatic heterocycles. The van der Waals surface area contributed by atoms with E-state index in [9.17, 15) is 19.2 Å². The van der Waals surface area contributed by atoms with Crippen molar-refractivity contribution >= 4 is 40.5 Å². The van der Waals surface area contributed by atoms with Crippen LogP contribution in [0.4, 0.5) is 10.5 Å². The average molecular weight is 413 g/mol. The molecule has 0 saturated carbocycles. The number of hydrogen-bond acceptors (Lipinski definition) is 6. The number of thioether (sulfide) groups is 1. The molecule has 1 heterocycles. The smallest absolute Gasteiger partial charge is 0.335 e. The van der Waals surface area contributed by atoms with Crippen molar-refractivity contribution in [3.8, 4) is 0 Å². The number of primary amides is 1. The predicted molar refractivity (Wildman–Crippen MR) is 108 cm³/mol. The summed E-state index contributed by atoms with van der Waals surface area (Å²) in [4.78, 5) is 50.8. The van der Waals surface area contributed by atoms with Crippen molar-refractivity contribution in [1.82, 2.24) is 4.90 Å². The molecule has 0 bridgehead atoms. The van der Waals surface area contributed by atoms with Gasteiger partial charge in [0.05, 0.1) is 18.7 Å². The molecule has 3 N–H and O–H groups in total. The van der Waals surface area contributed by atoms with Crippen LogP contribution < -0.4 is 10.6 Å². The van der Waals surface area contributed by atoms with E-state index >= 15 is 0 Å². The third-order valence-electron chi connectivity index (χ3n) is 4.40. The van der Waals surface area contributed by atoms with Crippen LogP contribution in [0.2, 0.25) is 0 Å². The zero-order valence-corrected chi connectivity index (χ0v) is 16.4. The molecule has 8 nitrogen and oxygen atoms in total. The number of carbonyl (C=O) groups is 4. The lowest BCUT2D eigenvalue weighted by Gasteiger charge is -2.27. The number of nitrogens with two attached hydrogens (primary N) is 1. The third kappa shape index (κ3) is 4.57. The topological polar surface area (TPSA) is 121 Å². The SMILES string of the molecule is Cc1ccc(N(CC(N)=O)[C@H]2SC(=O)N(Cc3cccc(C(=O)O)c3)C2=O)cc1. The number of benzene rings is 2. The molecule has 3 amide bonds. The molecule has 0 unspecified atom stereocenters. The lowest BCUT2D eigenvalue weighted by molar-refractivity contribution is -0.127. The van der Waals surface area contributed by atoms with Gasteiger partial charge in [-0.15, -0.1) is 0 Å². The van der Waals surface area contributed by atoms with Crippen LogP contribution in [0.15, 0.2) is 48.5 Å². The number of carbonyl (C=O) groups excluding carboxylic acids is 3. The van der Waals surface area contributed by atoms with Crippen molar-refractivity contribution in [2.75, 3.05) is 11.4 Å². The van der Waals surface area contributed by atoms with Crippen LogP contribution in [0.5, 0.6) is 0 Å². The number of aromatic carboxylic acids is 1. The molecule has 9 heteroatoms. The van der Waals surface area contributed by atoms with Gasteiger partial charge in [0.25, 0.3) is 11.1 Å². The molecule has 0 radical (unpaired) electrons. The number of aryl methyl sites for hydroxylation is 1. The molecule has 0 spiro atoms. The van der Waals surface area contributed by atoms with Gasteiger partial charge in [0.1, 0.15) is 0 Å². The molecule has 1 saturated heterocycles. The summed E-state index contributed by atoms with van der Waals surface area (Å²) in [6.45, 7) is 1.64. The van der Waals surface area contributed by atoms with E-state index in [1.807, 2.05) is 19.1 Å². The van der Waals surface area contributed by atoms with E-state index in [0.29, 0.717) is 11.3 Å². The Morgan fingerprint density at radius 1 is 1.17 bits per heavy atom. The maximum atomic E-state index is 13.0. The van der Waals surface area contributed by atoms with Gasteiger partial charge >= 0.3 is 5.97 Å². The standard InChI is InChI=1S/C20H19N3O5S/c1-12-5-7-15(8-6-12)22(11-16(21)24)18-17(25)23(20(28)29-18)10-13-3-2-4-14(9-13)19(26)27/h2-9,18H,10-11H2,1H3,(H2,21,24)(H,26,27)/t18-/m0/s1. The number of carboxylic acids is 1. The molecule has 1 aliphatic rings. The van der Waals surface area contributed by atoms with Crippen LogP contribution >= 0.6 is 11.8 Å². The maximum Gasteiger partial charge on any atom is 0.335 e. The number of imide groups is 1. The number of amides is 3. The zero-order valence-electron chi connectivity index (χ0n) is 15.6. The lowest BCUT2D eigenvalue weighted by atomic mass is 10.1. The van der Waals surface area contributed by atoms with Gasteiger partial charge < -0.3 is 15.7 Å². The second kappa shape index (κ2) is 8.36. The van der Waals surface area contributed by atoms with Gasteiger partial charge in [-0.3, -0.25) is 19.3 Å². The highest BCUT2D eigenvalue weighted by atomic mass is 32.2. The monoisotopic (exact) mass is 413 g/mol. The van der Waals surface area contributed by atoms with E-state index in [4.69, 9.17) is 10.8 Å². The summed E-state index contributed by atoms with van der Waals surface area (Å²) in [7, 11) is 0. The van der Waals surface area contributed by atoms with Crippen LogP contribution in [-0.4, -0.2) is 44.9 Å². The summed E-state index contributed by atoms with van der Waals surface area (Å²) in [6.07, 6.45) is 0. The molecular weight excluding hydrogens is 394 g/mol. The molecule has 3 rings (SSSR count). The maximum absolute atomic E-state index is 13.0. The van der Waals surface area contributed by atoms with Crippen molar-refractivity contribution < 1.29 is 24.3 Å². The molecule has 2 aromatic carbocycles.